The van der Waals surface area contributed by atoms with Crippen molar-refractivity contribution in [1.82, 2.24) is 9.80 Å². The summed E-state index contributed by atoms with van der Waals surface area (Å²) in [5, 5.41) is 0. The molecule has 0 N–H and O–H groups in total. The van der Waals surface area contributed by atoms with Crippen LogP contribution in [-0.4, -0.2) is 69.4 Å². The van der Waals surface area contributed by atoms with Crippen molar-refractivity contribution in [3.8, 4) is 0 Å². The van der Waals surface area contributed by atoms with Crippen LogP contribution in [0.3, 0.4) is 0 Å². The Morgan fingerprint density at radius 2 is 1.72 bits per heavy atom. The lowest BCUT2D eigenvalue weighted by Gasteiger charge is -2.32. The van der Waals surface area contributed by atoms with Gasteiger partial charge in [-0.25, -0.2) is 0 Å². The number of amides is 1. The molecular weight excluding hydrogens is 232 g/mol. The minimum absolute atomic E-state index is 0.0648. The number of methoxy groups -OCH3 is 2. The van der Waals surface area contributed by atoms with Gasteiger partial charge in [0.1, 0.15) is 0 Å². The van der Waals surface area contributed by atoms with Gasteiger partial charge in [0.05, 0.1) is 0 Å². The van der Waals surface area contributed by atoms with Gasteiger partial charge in [-0.2, -0.15) is 0 Å². The highest BCUT2D eigenvalue weighted by Gasteiger charge is 2.13. The fourth-order valence-corrected chi connectivity index (χ4v) is 1.57. The highest BCUT2D eigenvalue weighted by Crippen LogP contribution is 2.01. The highest BCUT2D eigenvalue weighted by atomic mass is 16.7. The Bertz CT molecular complexity index is 191. The summed E-state index contributed by atoms with van der Waals surface area (Å²) in [6.07, 6.45) is 3.43. The molecule has 1 aliphatic heterocycles. The van der Waals surface area contributed by atoms with E-state index >= 15 is 0 Å². The lowest BCUT2D eigenvalue weighted by atomic mass is 10.3. The van der Waals surface area contributed by atoms with Crippen LogP contribution in [0.5, 0.6) is 0 Å². The summed E-state index contributed by atoms with van der Waals surface area (Å²) < 4.78 is 9.35. The molecule has 5 nitrogen and oxygen atoms in total. The lowest BCUT2D eigenvalue weighted by molar-refractivity contribution is -0.119. The van der Waals surface area contributed by atoms with Gasteiger partial charge in [0.15, 0.2) is 6.29 Å². The molecule has 0 bridgehead atoms. The Balaban J connectivity index is 0.000000411. The fourth-order valence-electron chi connectivity index (χ4n) is 1.57. The van der Waals surface area contributed by atoms with E-state index in [1.807, 2.05) is 11.8 Å². The molecule has 1 rings (SSSR count). The smallest absolute Gasteiger partial charge is 0.209 e. The Kier molecular flexibility index (Phi) is 11.0. The number of ether oxygens (including phenoxy) is 2. The third-order valence-electron chi connectivity index (χ3n) is 3.05. The Labute approximate surface area is 111 Å². The van der Waals surface area contributed by atoms with Crippen LogP contribution in [0.4, 0.5) is 0 Å². The maximum absolute atomic E-state index is 10.4. The monoisotopic (exact) mass is 260 g/mol. The maximum Gasteiger partial charge on any atom is 0.209 e. The van der Waals surface area contributed by atoms with Gasteiger partial charge in [-0.1, -0.05) is 13.3 Å². The minimum atomic E-state index is -0.0648. The third kappa shape index (κ3) is 8.44. The molecule has 0 spiro atoms. The van der Waals surface area contributed by atoms with E-state index in [2.05, 4.69) is 21.3 Å². The molecule has 1 fully saturated rings. The van der Waals surface area contributed by atoms with Crippen molar-refractivity contribution in [3.05, 3.63) is 0 Å². The van der Waals surface area contributed by atoms with Crippen LogP contribution in [0, 0.1) is 0 Å². The van der Waals surface area contributed by atoms with E-state index in [1.54, 1.807) is 14.2 Å². The number of rotatable bonds is 6. The second-order valence-electron chi connectivity index (χ2n) is 4.38. The van der Waals surface area contributed by atoms with Crippen molar-refractivity contribution in [2.75, 3.05) is 46.9 Å². The lowest BCUT2D eigenvalue weighted by Crippen LogP contribution is -2.45. The first kappa shape index (κ1) is 17.4. The molecule has 1 saturated heterocycles. The van der Waals surface area contributed by atoms with Crippen LogP contribution in [0.25, 0.3) is 0 Å². The van der Waals surface area contributed by atoms with Gasteiger partial charge in [0.25, 0.3) is 0 Å². The molecular formula is C13H28N2O3. The van der Waals surface area contributed by atoms with Crippen LogP contribution in [0.1, 0.15) is 26.7 Å². The van der Waals surface area contributed by atoms with E-state index < -0.39 is 0 Å². The predicted molar refractivity (Wildman–Crippen MR) is 72.5 cm³/mol. The first-order valence-electron chi connectivity index (χ1n) is 6.65. The fraction of sp³-hybridized carbons (Fsp3) is 0.923. The van der Waals surface area contributed by atoms with Gasteiger partial charge in [-0.3, -0.25) is 9.69 Å². The second-order valence-corrected chi connectivity index (χ2v) is 4.38. The predicted octanol–water partition coefficient (Wildman–Crippen LogP) is 1.19. The highest BCUT2D eigenvalue weighted by molar-refractivity contribution is 5.47. The summed E-state index contributed by atoms with van der Waals surface area (Å²) in [6, 6.07) is 0. The van der Waals surface area contributed by atoms with E-state index in [1.165, 1.54) is 19.4 Å². The van der Waals surface area contributed by atoms with Crippen LogP contribution in [0.2, 0.25) is 0 Å². The number of piperazine rings is 1. The average molecular weight is 260 g/mol. The standard InChI is InChI=1S/C9H18N2O.C4H10O2/c1-2-3-4-10-5-7-11(9-12)8-6-10;1-4(5-2)6-3/h9H,2-8H2,1H3;4H,1-3H3. The molecule has 1 aliphatic rings. The van der Waals surface area contributed by atoms with Gasteiger partial charge in [0, 0.05) is 40.4 Å². The molecule has 1 heterocycles. The first-order valence-corrected chi connectivity index (χ1v) is 6.65. The van der Waals surface area contributed by atoms with E-state index in [0.29, 0.717) is 0 Å². The van der Waals surface area contributed by atoms with Crippen molar-refractivity contribution >= 4 is 6.41 Å². The van der Waals surface area contributed by atoms with E-state index in [-0.39, 0.29) is 6.29 Å². The molecule has 0 aliphatic carbocycles. The van der Waals surface area contributed by atoms with Crippen molar-refractivity contribution < 1.29 is 14.3 Å². The van der Waals surface area contributed by atoms with E-state index in [9.17, 15) is 4.79 Å². The maximum atomic E-state index is 10.4. The van der Waals surface area contributed by atoms with Gasteiger partial charge in [-0.15, -0.1) is 0 Å². The molecule has 0 aromatic rings. The van der Waals surface area contributed by atoms with Crippen LogP contribution < -0.4 is 0 Å². The Morgan fingerprint density at radius 3 is 2.06 bits per heavy atom. The van der Waals surface area contributed by atoms with Crippen molar-refractivity contribution in [1.29, 1.82) is 0 Å². The van der Waals surface area contributed by atoms with Crippen molar-refractivity contribution in [2.45, 2.75) is 33.0 Å². The average Bonchev–Trinajstić information content (AvgIpc) is 2.45. The van der Waals surface area contributed by atoms with Gasteiger partial charge < -0.3 is 14.4 Å². The zero-order chi connectivity index (χ0) is 13.8. The summed E-state index contributed by atoms with van der Waals surface area (Å²) in [4.78, 5) is 14.7. The second kappa shape index (κ2) is 11.4. The summed E-state index contributed by atoms with van der Waals surface area (Å²) in [5.41, 5.74) is 0. The molecule has 108 valence electrons. The van der Waals surface area contributed by atoms with Gasteiger partial charge >= 0.3 is 0 Å². The Morgan fingerprint density at radius 1 is 1.17 bits per heavy atom. The topological polar surface area (TPSA) is 42.0 Å². The zero-order valence-electron chi connectivity index (χ0n) is 12.2. The van der Waals surface area contributed by atoms with Gasteiger partial charge in [0.2, 0.25) is 6.41 Å². The molecule has 0 unspecified atom stereocenters. The van der Waals surface area contributed by atoms with E-state index in [4.69, 9.17) is 0 Å². The van der Waals surface area contributed by atoms with E-state index in [0.717, 1.165) is 32.6 Å². The number of nitrogens with zero attached hydrogens (tertiary/aromatic N) is 2. The van der Waals surface area contributed by atoms with Gasteiger partial charge in [-0.05, 0) is 19.9 Å². The normalized spacial score (nSPS) is 16.4. The molecule has 0 aromatic heterocycles. The summed E-state index contributed by atoms with van der Waals surface area (Å²) in [7, 11) is 3.21. The minimum Gasteiger partial charge on any atom is -0.356 e. The number of carbonyl (C=O) groups excluding carboxylic acids is 1. The molecule has 1 amide bonds. The summed E-state index contributed by atoms with van der Waals surface area (Å²) >= 11 is 0. The molecule has 0 aromatic carbocycles. The Hall–Kier alpha value is -0.650. The largest absolute Gasteiger partial charge is 0.356 e. The molecule has 0 atom stereocenters. The molecule has 0 saturated carbocycles. The summed E-state index contributed by atoms with van der Waals surface area (Å²) in [6.45, 7) is 9.17. The molecule has 5 heteroatoms. The van der Waals surface area contributed by atoms with Crippen molar-refractivity contribution in [3.63, 3.8) is 0 Å². The van der Waals surface area contributed by atoms with Crippen LogP contribution >= 0.6 is 0 Å². The van der Waals surface area contributed by atoms with Crippen LogP contribution in [-0.2, 0) is 14.3 Å². The first-order chi connectivity index (χ1) is 8.67. The molecule has 0 radical (unpaired) electrons. The number of carbonyl (C=O) groups is 1. The summed E-state index contributed by atoms with van der Waals surface area (Å²) in [5.74, 6) is 0. The number of hydrogen-bond donors (Lipinski definition) is 0. The quantitative estimate of drug-likeness (QED) is 0.531. The SMILES string of the molecule is CCCCN1CCN(C=O)CC1.COC(C)OC. The van der Waals surface area contributed by atoms with Crippen molar-refractivity contribution in [2.24, 2.45) is 0 Å². The number of hydrogen-bond acceptors (Lipinski definition) is 4. The van der Waals surface area contributed by atoms with Crippen LogP contribution in [0.15, 0.2) is 0 Å². The number of unbranched alkanes of at least 4 members (excludes halogenated alkanes) is 1. The zero-order valence-corrected chi connectivity index (χ0v) is 12.2. The third-order valence-corrected chi connectivity index (χ3v) is 3.05. The molecule has 18 heavy (non-hydrogen) atoms.